The van der Waals surface area contributed by atoms with Gasteiger partial charge < -0.3 is 15.0 Å². The lowest BCUT2D eigenvalue weighted by atomic mass is 10.0. The Morgan fingerprint density at radius 3 is 2.38 bits per heavy atom. The lowest BCUT2D eigenvalue weighted by Crippen LogP contribution is -2.22. The van der Waals surface area contributed by atoms with Gasteiger partial charge in [0.05, 0.1) is 22.6 Å². The summed E-state index contributed by atoms with van der Waals surface area (Å²) in [5.41, 5.74) is -4.11. The molecular formula is C20H15F7N4O3. The van der Waals surface area contributed by atoms with Crippen molar-refractivity contribution in [3.8, 4) is 17.0 Å². The quantitative estimate of drug-likeness (QED) is 0.436. The van der Waals surface area contributed by atoms with Crippen LogP contribution in [0.1, 0.15) is 28.7 Å². The SMILES string of the molecule is Cc1[nH]nc(C(C)(F)F)c1NC(=O)c1cc(F)c(-c2ccc(F)c(=O)[nH]2)cc1OCC(F)(F)F. The van der Waals surface area contributed by atoms with Gasteiger partial charge >= 0.3 is 6.18 Å². The van der Waals surface area contributed by atoms with Crippen LogP contribution in [0.25, 0.3) is 11.3 Å². The highest BCUT2D eigenvalue weighted by Crippen LogP contribution is 2.35. The summed E-state index contributed by atoms with van der Waals surface area (Å²) in [6.45, 7) is -0.0666. The molecule has 0 spiro atoms. The number of benzene rings is 1. The number of pyridine rings is 1. The molecule has 0 bridgehead atoms. The van der Waals surface area contributed by atoms with Crippen LogP contribution in [0.2, 0.25) is 0 Å². The molecule has 2 heterocycles. The lowest BCUT2D eigenvalue weighted by molar-refractivity contribution is -0.153. The minimum Gasteiger partial charge on any atom is -0.483 e. The number of rotatable bonds is 6. The number of hydrogen-bond acceptors (Lipinski definition) is 4. The van der Waals surface area contributed by atoms with Gasteiger partial charge in [-0.05, 0) is 31.2 Å². The Morgan fingerprint density at radius 2 is 1.79 bits per heavy atom. The van der Waals surface area contributed by atoms with Gasteiger partial charge in [-0.25, -0.2) is 8.78 Å². The number of aromatic amines is 2. The molecule has 0 unspecified atom stereocenters. The van der Waals surface area contributed by atoms with E-state index in [9.17, 15) is 40.3 Å². The number of aryl methyl sites for hydroxylation is 1. The molecule has 1 aromatic carbocycles. The first kappa shape index (κ1) is 24.8. The zero-order chi connectivity index (χ0) is 25.4. The maximum atomic E-state index is 14.8. The predicted molar refractivity (Wildman–Crippen MR) is 105 cm³/mol. The highest BCUT2D eigenvalue weighted by atomic mass is 19.4. The molecule has 0 fully saturated rings. The first-order chi connectivity index (χ1) is 15.7. The number of hydrogen-bond donors (Lipinski definition) is 3. The molecule has 3 rings (SSSR count). The zero-order valence-corrected chi connectivity index (χ0v) is 17.3. The molecule has 7 nitrogen and oxygen atoms in total. The monoisotopic (exact) mass is 492 g/mol. The van der Waals surface area contributed by atoms with Crippen LogP contribution in [0, 0.1) is 18.6 Å². The van der Waals surface area contributed by atoms with Crippen LogP contribution in [-0.4, -0.2) is 33.9 Å². The maximum absolute atomic E-state index is 14.8. The van der Waals surface area contributed by atoms with Crippen molar-refractivity contribution in [2.24, 2.45) is 0 Å². The number of aromatic nitrogens is 3. The Morgan fingerprint density at radius 1 is 1.12 bits per heavy atom. The van der Waals surface area contributed by atoms with E-state index >= 15 is 0 Å². The Labute approximate surface area is 185 Å². The van der Waals surface area contributed by atoms with Gasteiger partial charge in [0.25, 0.3) is 17.4 Å². The van der Waals surface area contributed by atoms with E-state index in [4.69, 9.17) is 0 Å². The van der Waals surface area contributed by atoms with E-state index in [-0.39, 0.29) is 11.4 Å². The summed E-state index contributed by atoms with van der Waals surface area (Å²) in [6.07, 6.45) is -4.84. The second-order valence-corrected chi connectivity index (χ2v) is 7.20. The Bertz CT molecular complexity index is 1290. The van der Waals surface area contributed by atoms with Crippen LogP contribution in [0.5, 0.6) is 5.75 Å². The highest BCUT2D eigenvalue weighted by Gasteiger charge is 2.34. The molecular weight excluding hydrogens is 477 g/mol. The number of ether oxygens (including phenoxy) is 1. The van der Waals surface area contributed by atoms with E-state index in [2.05, 4.69) is 20.3 Å². The smallest absolute Gasteiger partial charge is 0.422 e. The van der Waals surface area contributed by atoms with Crippen molar-refractivity contribution >= 4 is 11.6 Å². The molecule has 182 valence electrons. The number of amides is 1. The largest absolute Gasteiger partial charge is 0.483 e. The van der Waals surface area contributed by atoms with Gasteiger partial charge in [-0.15, -0.1) is 0 Å². The fourth-order valence-corrected chi connectivity index (χ4v) is 2.91. The first-order valence-electron chi connectivity index (χ1n) is 9.34. The predicted octanol–water partition coefficient (Wildman–Crippen LogP) is 4.66. The number of halogens is 7. The van der Waals surface area contributed by atoms with E-state index in [1.165, 1.54) is 6.92 Å². The van der Waals surface area contributed by atoms with E-state index in [1.807, 2.05) is 4.98 Å². The van der Waals surface area contributed by atoms with Crippen LogP contribution >= 0.6 is 0 Å². The normalized spacial score (nSPS) is 12.0. The van der Waals surface area contributed by atoms with Gasteiger partial charge in [0.1, 0.15) is 11.6 Å². The van der Waals surface area contributed by atoms with Gasteiger partial charge in [-0.2, -0.15) is 27.1 Å². The van der Waals surface area contributed by atoms with Gasteiger partial charge in [0.15, 0.2) is 18.1 Å². The standard InChI is InChI=1S/C20H15F7N4O3/c1-8-15(16(31-30-8)19(2,23)24)29-17(32)10-5-12(22)9(6-14(10)34-7-20(25,26)27)13-4-3-11(21)18(33)28-13/h3-6H,7H2,1-2H3,(H,28,33)(H,29,32)(H,30,31). The van der Waals surface area contributed by atoms with Crippen LogP contribution in [-0.2, 0) is 5.92 Å². The summed E-state index contributed by atoms with van der Waals surface area (Å²) in [7, 11) is 0. The first-order valence-corrected chi connectivity index (χ1v) is 9.34. The van der Waals surface area contributed by atoms with Crippen LogP contribution in [0.15, 0.2) is 29.1 Å². The average molecular weight is 492 g/mol. The number of alkyl halides is 5. The van der Waals surface area contributed by atoms with E-state index in [0.717, 1.165) is 6.07 Å². The highest BCUT2D eigenvalue weighted by molar-refractivity contribution is 6.07. The summed E-state index contributed by atoms with van der Waals surface area (Å²) in [5, 5.41) is 7.73. The molecule has 3 N–H and O–H groups in total. The minimum atomic E-state index is -4.84. The molecule has 0 aliphatic carbocycles. The number of anilines is 1. The van der Waals surface area contributed by atoms with Gasteiger partial charge in [0, 0.05) is 12.5 Å². The molecule has 14 heteroatoms. The summed E-state index contributed by atoms with van der Waals surface area (Å²) >= 11 is 0. The summed E-state index contributed by atoms with van der Waals surface area (Å²) in [5.74, 6) is -7.93. The molecule has 0 saturated heterocycles. The third kappa shape index (κ3) is 5.38. The Kier molecular flexibility index (Phi) is 6.44. The van der Waals surface area contributed by atoms with Gasteiger partial charge in [0.2, 0.25) is 0 Å². The molecule has 1 amide bonds. The maximum Gasteiger partial charge on any atom is 0.422 e. The topological polar surface area (TPSA) is 99.9 Å². The van der Waals surface area contributed by atoms with E-state index in [1.54, 1.807) is 0 Å². The Hall–Kier alpha value is -3.84. The van der Waals surface area contributed by atoms with Crippen molar-refractivity contribution in [2.45, 2.75) is 25.9 Å². The fourth-order valence-electron chi connectivity index (χ4n) is 2.91. The molecule has 0 aliphatic heterocycles. The van der Waals surface area contributed by atoms with Crippen LogP contribution in [0.3, 0.4) is 0 Å². The number of carbonyl (C=O) groups excluding carboxylic acids is 1. The number of nitrogens with zero attached hydrogens (tertiary/aromatic N) is 1. The number of H-pyrrole nitrogens is 2. The van der Waals surface area contributed by atoms with Crippen molar-refractivity contribution < 1.29 is 40.3 Å². The molecule has 0 atom stereocenters. The zero-order valence-electron chi connectivity index (χ0n) is 17.3. The number of carbonyl (C=O) groups is 1. The third-order valence-electron chi connectivity index (χ3n) is 4.46. The van der Waals surface area contributed by atoms with Crippen LogP contribution < -0.4 is 15.6 Å². The Balaban J connectivity index is 2.08. The molecule has 0 aliphatic rings. The fraction of sp³-hybridized carbons (Fsp3) is 0.250. The summed E-state index contributed by atoms with van der Waals surface area (Å²) in [4.78, 5) is 26.3. The molecule has 34 heavy (non-hydrogen) atoms. The lowest BCUT2D eigenvalue weighted by Gasteiger charge is -2.16. The van der Waals surface area contributed by atoms with Crippen molar-refractivity contribution in [1.29, 1.82) is 0 Å². The minimum absolute atomic E-state index is 0.00335. The molecule has 3 aromatic rings. The molecule has 2 aromatic heterocycles. The molecule has 0 saturated carbocycles. The van der Waals surface area contributed by atoms with Gasteiger partial charge in [-0.3, -0.25) is 14.7 Å². The second-order valence-electron chi connectivity index (χ2n) is 7.20. The number of nitrogens with one attached hydrogen (secondary N) is 3. The van der Waals surface area contributed by atoms with E-state index < -0.39 is 70.1 Å². The summed E-state index contributed by atoms with van der Waals surface area (Å²) in [6, 6.07) is 2.85. The summed E-state index contributed by atoms with van der Waals surface area (Å²) < 4.78 is 98.4. The second kappa shape index (κ2) is 8.83. The average Bonchev–Trinajstić information content (AvgIpc) is 3.09. The van der Waals surface area contributed by atoms with Crippen molar-refractivity contribution in [2.75, 3.05) is 11.9 Å². The van der Waals surface area contributed by atoms with Crippen molar-refractivity contribution in [3.05, 3.63) is 63.2 Å². The van der Waals surface area contributed by atoms with Gasteiger partial charge in [-0.1, -0.05) is 0 Å². The third-order valence-corrected chi connectivity index (χ3v) is 4.46. The van der Waals surface area contributed by atoms with E-state index in [0.29, 0.717) is 25.1 Å². The van der Waals surface area contributed by atoms with Crippen molar-refractivity contribution in [3.63, 3.8) is 0 Å². The van der Waals surface area contributed by atoms with Crippen LogP contribution in [0.4, 0.5) is 36.4 Å². The van der Waals surface area contributed by atoms with Crippen molar-refractivity contribution in [1.82, 2.24) is 15.2 Å². The molecule has 0 radical (unpaired) electrons.